The summed E-state index contributed by atoms with van der Waals surface area (Å²) >= 11 is 0. The van der Waals surface area contributed by atoms with Gasteiger partial charge in [-0.05, 0) is 86.5 Å². The van der Waals surface area contributed by atoms with Crippen molar-refractivity contribution >= 4 is 82.9 Å². The lowest BCUT2D eigenvalue weighted by atomic mass is 10.00. The molecule has 0 aliphatic carbocycles. The van der Waals surface area contributed by atoms with Crippen LogP contribution in [0, 0.1) is 6.92 Å². The zero-order valence-corrected chi connectivity index (χ0v) is 26.7. The molecule has 0 amide bonds. The van der Waals surface area contributed by atoms with Gasteiger partial charge in [-0.15, -0.1) is 6.58 Å². The number of hydrogen-bond acceptors (Lipinski definition) is 4. The number of aryl methyl sites for hydroxylation is 1. The standard InChI is InChI=1S/C35H20O4.C5H8.C3H6/c1-3-21-18(2)36-30-14-10-22-25-16-19(8-12-28(25)38-34(22)32(21)30)20-9-13-29-26(17-20)23-11-15-31-33(35(23)39-29)24-6-4-5-7-27(24)37-31;1-3-5-4-2;1-3-2/h3-17H,1H2,2H3;3-5H,1H2,2H3;3H,1H2,2H3/b;5-4-;. The molecule has 4 aromatic heterocycles. The first-order valence-corrected chi connectivity index (χ1v) is 15.6. The van der Waals surface area contributed by atoms with Crippen LogP contribution in [0.3, 0.4) is 0 Å². The van der Waals surface area contributed by atoms with Gasteiger partial charge < -0.3 is 17.7 Å². The van der Waals surface area contributed by atoms with Crippen LogP contribution >= 0.6 is 0 Å². The molecule has 9 rings (SSSR count). The Bertz CT molecular complexity index is 2660. The van der Waals surface area contributed by atoms with Gasteiger partial charge >= 0.3 is 0 Å². The van der Waals surface area contributed by atoms with E-state index in [1.807, 2.05) is 69.3 Å². The smallest absolute Gasteiger partial charge is 0.147 e. The maximum Gasteiger partial charge on any atom is 0.147 e. The first-order chi connectivity index (χ1) is 23.0. The van der Waals surface area contributed by atoms with Crippen molar-refractivity contribution in [2.45, 2.75) is 20.8 Å². The number of para-hydroxylation sites is 1. The van der Waals surface area contributed by atoms with E-state index in [1.165, 1.54) is 0 Å². The van der Waals surface area contributed by atoms with Crippen molar-refractivity contribution in [1.82, 2.24) is 0 Å². The number of hydrogen-bond donors (Lipinski definition) is 0. The fraction of sp³-hybridized carbons (Fsp3) is 0.0698. The van der Waals surface area contributed by atoms with E-state index in [0.717, 1.165) is 99.2 Å². The maximum absolute atomic E-state index is 6.41. The van der Waals surface area contributed by atoms with Gasteiger partial charge in [0.25, 0.3) is 0 Å². The summed E-state index contributed by atoms with van der Waals surface area (Å²) in [5.74, 6) is 0.843. The lowest BCUT2D eigenvalue weighted by molar-refractivity contribution is 0.577. The van der Waals surface area contributed by atoms with Crippen LogP contribution in [0.25, 0.3) is 94.0 Å². The Morgan fingerprint density at radius 3 is 1.62 bits per heavy atom. The molecule has 0 aliphatic rings. The molecule has 0 spiro atoms. The molecular weight excluding hydrogens is 580 g/mol. The molecule has 9 aromatic rings. The third-order valence-corrected chi connectivity index (χ3v) is 8.36. The summed E-state index contributed by atoms with van der Waals surface area (Å²) in [6, 6.07) is 29.1. The second kappa shape index (κ2) is 12.1. The molecule has 0 atom stereocenters. The number of rotatable bonds is 3. The van der Waals surface area contributed by atoms with Gasteiger partial charge in [-0.3, -0.25) is 0 Å². The van der Waals surface area contributed by atoms with Crippen LogP contribution in [0.4, 0.5) is 0 Å². The van der Waals surface area contributed by atoms with Crippen LogP contribution in [0.15, 0.2) is 147 Å². The molecule has 4 heterocycles. The van der Waals surface area contributed by atoms with Gasteiger partial charge in [0, 0.05) is 32.5 Å². The van der Waals surface area contributed by atoms with Crippen LogP contribution in [0.1, 0.15) is 25.2 Å². The predicted octanol–water partition coefficient (Wildman–Crippen LogP) is 13.7. The van der Waals surface area contributed by atoms with Crippen molar-refractivity contribution in [2.75, 3.05) is 0 Å². The van der Waals surface area contributed by atoms with E-state index in [9.17, 15) is 0 Å². The average molecular weight is 615 g/mol. The number of benzene rings is 5. The molecule has 0 saturated heterocycles. The molecule has 0 bridgehead atoms. The monoisotopic (exact) mass is 614 g/mol. The summed E-state index contributed by atoms with van der Waals surface area (Å²) in [7, 11) is 0. The molecule has 0 saturated carbocycles. The summed E-state index contributed by atoms with van der Waals surface area (Å²) in [4.78, 5) is 0. The topological polar surface area (TPSA) is 52.6 Å². The first-order valence-electron chi connectivity index (χ1n) is 15.6. The number of furan rings is 4. The van der Waals surface area contributed by atoms with Crippen LogP contribution in [-0.4, -0.2) is 0 Å². The van der Waals surface area contributed by atoms with Crippen molar-refractivity contribution in [3.8, 4) is 11.1 Å². The average Bonchev–Trinajstić information content (AvgIpc) is 3.83. The summed E-state index contributed by atoms with van der Waals surface area (Å²) in [6.45, 7) is 16.6. The third-order valence-electron chi connectivity index (χ3n) is 8.36. The Morgan fingerprint density at radius 1 is 0.532 bits per heavy atom. The highest BCUT2D eigenvalue weighted by Crippen LogP contribution is 2.42. The highest BCUT2D eigenvalue weighted by atomic mass is 16.4. The number of allylic oxidation sites excluding steroid dienone is 4. The number of fused-ring (bicyclic) bond motifs is 12. The van der Waals surface area contributed by atoms with E-state index in [1.54, 1.807) is 12.2 Å². The molecule has 0 aliphatic heterocycles. The molecule has 4 heteroatoms. The molecule has 0 radical (unpaired) electrons. The fourth-order valence-electron chi connectivity index (χ4n) is 6.34. The summed E-state index contributed by atoms with van der Waals surface area (Å²) in [5, 5.41) is 7.35. The van der Waals surface area contributed by atoms with Crippen LogP contribution < -0.4 is 0 Å². The van der Waals surface area contributed by atoms with E-state index < -0.39 is 0 Å². The summed E-state index contributed by atoms with van der Waals surface area (Å²) in [6.07, 6.45) is 9.16. The lowest BCUT2D eigenvalue weighted by Crippen LogP contribution is -1.78. The zero-order valence-electron chi connectivity index (χ0n) is 26.7. The SMILES string of the molecule is C=C/C=C\C.C=CC.C=Cc1c(C)oc2ccc3c4cc(-c5ccc6oc7c(ccc8oc9ccccc9c87)c6c5)ccc4oc3c12. The van der Waals surface area contributed by atoms with Crippen molar-refractivity contribution in [1.29, 1.82) is 0 Å². The second-order valence-corrected chi connectivity index (χ2v) is 11.3. The van der Waals surface area contributed by atoms with E-state index >= 15 is 0 Å². The molecule has 0 N–H and O–H groups in total. The van der Waals surface area contributed by atoms with Gasteiger partial charge in [0.15, 0.2) is 0 Å². The molecule has 5 aromatic carbocycles. The zero-order chi connectivity index (χ0) is 32.7. The Kier molecular flexibility index (Phi) is 7.63. The van der Waals surface area contributed by atoms with E-state index in [2.05, 4.69) is 74.3 Å². The van der Waals surface area contributed by atoms with E-state index in [0.29, 0.717) is 0 Å². The molecule has 0 fully saturated rings. The second-order valence-electron chi connectivity index (χ2n) is 11.3. The normalized spacial score (nSPS) is 11.5. The minimum Gasteiger partial charge on any atom is -0.461 e. The maximum atomic E-state index is 6.41. The van der Waals surface area contributed by atoms with E-state index in [4.69, 9.17) is 17.7 Å². The molecule has 47 heavy (non-hydrogen) atoms. The molecular formula is C43H34O4. The Labute approximate surface area is 272 Å². The van der Waals surface area contributed by atoms with Crippen molar-refractivity contribution in [2.24, 2.45) is 0 Å². The van der Waals surface area contributed by atoms with E-state index in [-0.39, 0.29) is 0 Å². The van der Waals surface area contributed by atoms with Crippen molar-refractivity contribution in [3.63, 3.8) is 0 Å². The van der Waals surface area contributed by atoms with Gasteiger partial charge in [0.1, 0.15) is 44.8 Å². The summed E-state index contributed by atoms with van der Waals surface area (Å²) in [5.41, 5.74) is 9.12. The highest BCUT2D eigenvalue weighted by Gasteiger charge is 2.19. The molecule has 0 unspecified atom stereocenters. The van der Waals surface area contributed by atoms with Crippen LogP contribution in [-0.2, 0) is 0 Å². The predicted molar refractivity (Wildman–Crippen MR) is 199 cm³/mol. The van der Waals surface area contributed by atoms with Gasteiger partial charge in [0.05, 0.1) is 10.8 Å². The van der Waals surface area contributed by atoms with Crippen LogP contribution in [0.2, 0.25) is 0 Å². The van der Waals surface area contributed by atoms with Gasteiger partial charge in [-0.1, -0.05) is 73.9 Å². The largest absolute Gasteiger partial charge is 0.461 e. The summed E-state index contributed by atoms with van der Waals surface area (Å²) < 4.78 is 24.8. The quantitative estimate of drug-likeness (QED) is 0.147. The van der Waals surface area contributed by atoms with Gasteiger partial charge in [-0.25, -0.2) is 0 Å². The minimum absolute atomic E-state index is 0.811. The molecule has 230 valence electrons. The Morgan fingerprint density at radius 2 is 1.06 bits per heavy atom. The first kappa shape index (κ1) is 29.7. The highest BCUT2D eigenvalue weighted by molar-refractivity contribution is 6.22. The fourth-order valence-corrected chi connectivity index (χ4v) is 6.34. The Balaban J connectivity index is 0.000000399. The van der Waals surface area contributed by atoms with Gasteiger partial charge in [0.2, 0.25) is 0 Å². The molecule has 4 nitrogen and oxygen atoms in total. The lowest BCUT2D eigenvalue weighted by Gasteiger charge is -2.02. The third kappa shape index (κ3) is 4.86. The van der Waals surface area contributed by atoms with Crippen molar-refractivity contribution < 1.29 is 17.7 Å². The van der Waals surface area contributed by atoms with Crippen molar-refractivity contribution in [3.05, 3.63) is 140 Å². The minimum atomic E-state index is 0.811. The van der Waals surface area contributed by atoms with Gasteiger partial charge in [-0.2, -0.15) is 0 Å². The van der Waals surface area contributed by atoms with Crippen LogP contribution in [0.5, 0.6) is 0 Å². The Hall–Kier alpha value is -6.00.